The molecule has 3 N–H and O–H groups in total. The van der Waals surface area contributed by atoms with E-state index in [0.29, 0.717) is 5.69 Å². The van der Waals surface area contributed by atoms with Gasteiger partial charge in [0, 0.05) is 17.0 Å². The number of nitrogens with one attached hydrogen (secondary N) is 3. The van der Waals surface area contributed by atoms with Gasteiger partial charge in [0.2, 0.25) is 10.0 Å². The van der Waals surface area contributed by atoms with Crippen LogP contribution in [0, 0.1) is 0 Å². The quantitative estimate of drug-likeness (QED) is 0.409. The van der Waals surface area contributed by atoms with Crippen LogP contribution in [0.25, 0.3) is 10.6 Å². The monoisotopic (exact) mass is 472 g/mol. The predicted molar refractivity (Wildman–Crippen MR) is 124 cm³/mol. The summed E-state index contributed by atoms with van der Waals surface area (Å²) in [7, 11) is -3.50. The summed E-state index contributed by atoms with van der Waals surface area (Å²) < 4.78 is 32.7. The molecule has 0 aliphatic heterocycles. The first-order valence-electron chi connectivity index (χ1n) is 10.2. The zero-order valence-electron chi connectivity index (χ0n) is 17.7. The molecule has 1 fully saturated rings. The molecular formula is C22H24N4O4S2. The average molecular weight is 473 g/mol. The normalized spacial score (nSPS) is 13.7. The summed E-state index contributed by atoms with van der Waals surface area (Å²) in [6.07, 6.45) is 1.85. The van der Waals surface area contributed by atoms with Gasteiger partial charge < -0.3 is 4.74 Å². The lowest BCUT2D eigenvalue weighted by molar-refractivity contribution is 0.0958. The highest BCUT2D eigenvalue weighted by molar-refractivity contribution is 7.89. The Hall–Kier alpha value is -2.95. The minimum Gasteiger partial charge on any atom is -0.491 e. The first-order valence-corrected chi connectivity index (χ1v) is 12.6. The van der Waals surface area contributed by atoms with Gasteiger partial charge in [0.25, 0.3) is 5.91 Å². The molecule has 0 spiro atoms. The number of aromatic nitrogens is 1. The number of hydrogen-bond acceptors (Lipinski definition) is 7. The summed E-state index contributed by atoms with van der Waals surface area (Å²) >= 11 is 1.37. The van der Waals surface area contributed by atoms with Crippen LogP contribution >= 0.6 is 11.3 Å². The molecule has 10 heteroatoms. The molecule has 4 rings (SSSR count). The van der Waals surface area contributed by atoms with Crippen molar-refractivity contribution in [2.24, 2.45) is 0 Å². The number of carbonyl (C=O) groups excluding carboxylic acids is 1. The first-order chi connectivity index (χ1) is 15.3. The number of amides is 1. The number of nitrogens with zero attached hydrogens (tertiary/aromatic N) is 1. The second-order valence-electron chi connectivity index (χ2n) is 7.73. The molecule has 1 aliphatic carbocycles. The third kappa shape index (κ3) is 5.64. The number of carbonyl (C=O) groups is 1. The highest BCUT2D eigenvalue weighted by Crippen LogP contribution is 2.26. The van der Waals surface area contributed by atoms with Crippen molar-refractivity contribution in [3.8, 4) is 16.3 Å². The van der Waals surface area contributed by atoms with E-state index in [1.807, 2.05) is 38.1 Å². The third-order valence-electron chi connectivity index (χ3n) is 4.59. The van der Waals surface area contributed by atoms with E-state index in [9.17, 15) is 13.2 Å². The van der Waals surface area contributed by atoms with Crippen molar-refractivity contribution in [3.63, 3.8) is 0 Å². The number of benzene rings is 2. The lowest BCUT2D eigenvalue weighted by atomic mass is 10.2. The lowest BCUT2D eigenvalue weighted by Crippen LogP contribution is -2.29. The Kier molecular flexibility index (Phi) is 6.45. The average Bonchev–Trinajstić information content (AvgIpc) is 3.42. The van der Waals surface area contributed by atoms with Gasteiger partial charge in [0.1, 0.15) is 16.5 Å². The van der Waals surface area contributed by atoms with Crippen LogP contribution in [0.4, 0.5) is 5.69 Å². The summed E-state index contributed by atoms with van der Waals surface area (Å²) in [6.45, 7) is 3.94. The second kappa shape index (κ2) is 9.27. The summed E-state index contributed by atoms with van der Waals surface area (Å²) in [5.41, 5.74) is 7.10. The number of thiazole rings is 1. The van der Waals surface area contributed by atoms with Crippen molar-refractivity contribution in [2.75, 3.05) is 5.43 Å². The highest BCUT2D eigenvalue weighted by atomic mass is 32.2. The van der Waals surface area contributed by atoms with Crippen LogP contribution in [0.5, 0.6) is 5.75 Å². The summed E-state index contributed by atoms with van der Waals surface area (Å²) in [5.74, 6) is 0.393. The van der Waals surface area contributed by atoms with E-state index in [1.54, 1.807) is 17.5 Å². The van der Waals surface area contributed by atoms with Gasteiger partial charge in [0.15, 0.2) is 0 Å². The van der Waals surface area contributed by atoms with Crippen LogP contribution < -0.4 is 20.3 Å². The molecule has 1 saturated carbocycles. The minimum atomic E-state index is -3.50. The van der Waals surface area contributed by atoms with Gasteiger partial charge in [-0.15, -0.1) is 11.3 Å². The van der Waals surface area contributed by atoms with E-state index in [0.717, 1.165) is 29.2 Å². The molecule has 3 aromatic rings. The van der Waals surface area contributed by atoms with Crippen molar-refractivity contribution < 1.29 is 17.9 Å². The van der Waals surface area contributed by atoms with E-state index in [1.165, 1.54) is 23.5 Å². The molecule has 2 aromatic carbocycles. The number of anilines is 1. The number of hydrazine groups is 1. The van der Waals surface area contributed by atoms with Crippen molar-refractivity contribution in [2.45, 2.75) is 43.7 Å². The van der Waals surface area contributed by atoms with Crippen molar-refractivity contribution in [1.29, 1.82) is 0 Å². The number of rotatable bonds is 9. The number of sulfonamides is 1. The smallest absolute Gasteiger partial charge is 0.289 e. The number of hydrogen-bond donors (Lipinski definition) is 3. The fourth-order valence-electron chi connectivity index (χ4n) is 2.86. The fourth-order valence-corrected chi connectivity index (χ4v) is 4.97. The predicted octanol–water partition coefficient (Wildman–Crippen LogP) is 3.79. The molecule has 168 valence electrons. The SMILES string of the molecule is CC(C)Oc1ccc(-c2nc(C(=O)NNc3ccc(S(=O)(=O)NC4CC4)cc3)cs2)cc1. The molecule has 0 radical (unpaired) electrons. The topological polar surface area (TPSA) is 109 Å². The second-order valence-corrected chi connectivity index (χ2v) is 10.3. The van der Waals surface area contributed by atoms with E-state index < -0.39 is 10.0 Å². The Morgan fingerprint density at radius 2 is 1.78 bits per heavy atom. The van der Waals surface area contributed by atoms with E-state index in [-0.39, 0.29) is 28.6 Å². The molecular weight excluding hydrogens is 448 g/mol. The van der Waals surface area contributed by atoms with Crippen LogP contribution in [0.15, 0.2) is 58.8 Å². The van der Waals surface area contributed by atoms with Crippen LogP contribution in [0.1, 0.15) is 37.2 Å². The molecule has 1 aromatic heterocycles. The Bertz CT molecular complexity index is 1190. The summed E-state index contributed by atoms with van der Waals surface area (Å²) in [4.78, 5) is 17.0. The van der Waals surface area contributed by atoms with Crippen LogP contribution in [-0.2, 0) is 10.0 Å². The molecule has 1 amide bonds. The molecule has 0 unspecified atom stereocenters. The maximum atomic E-state index is 12.4. The van der Waals surface area contributed by atoms with Gasteiger partial charge in [-0.2, -0.15) is 0 Å². The van der Waals surface area contributed by atoms with E-state index >= 15 is 0 Å². The number of ether oxygens (including phenoxy) is 1. The zero-order chi connectivity index (χ0) is 22.7. The van der Waals surface area contributed by atoms with Crippen LogP contribution in [0.3, 0.4) is 0 Å². The van der Waals surface area contributed by atoms with Gasteiger partial charge in [-0.1, -0.05) is 0 Å². The maximum Gasteiger partial charge on any atom is 0.289 e. The van der Waals surface area contributed by atoms with E-state index in [2.05, 4.69) is 20.6 Å². The Labute approximate surface area is 191 Å². The van der Waals surface area contributed by atoms with E-state index in [4.69, 9.17) is 4.74 Å². The standard InChI is InChI=1S/C22H24N4O4S2/c1-14(2)30-18-9-3-15(4-10-18)22-23-20(13-31-22)21(27)25-24-16-7-11-19(12-8-16)32(28,29)26-17-5-6-17/h3-4,7-14,17,24,26H,5-6H2,1-2H3,(H,25,27). The van der Waals surface area contributed by atoms with Crippen molar-refractivity contribution in [1.82, 2.24) is 15.1 Å². The van der Waals surface area contributed by atoms with Crippen molar-refractivity contribution in [3.05, 3.63) is 59.6 Å². The molecule has 1 aliphatic rings. The van der Waals surface area contributed by atoms with Gasteiger partial charge in [0.05, 0.1) is 16.7 Å². The van der Waals surface area contributed by atoms with Gasteiger partial charge >= 0.3 is 0 Å². The Morgan fingerprint density at radius 1 is 1.09 bits per heavy atom. The van der Waals surface area contributed by atoms with Crippen molar-refractivity contribution >= 4 is 33.0 Å². The maximum absolute atomic E-state index is 12.4. The molecule has 8 nitrogen and oxygen atoms in total. The Balaban J connectivity index is 1.34. The lowest BCUT2D eigenvalue weighted by Gasteiger charge is -2.09. The van der Waals surface area contributed by atoms with Gasteiger partial charge in [-0.25, -0.2) is 18.1 Å². The molecule has 0 atom stereocenters. The third-order valence-corrected chi connectivity index (χ3v) is 7.02. The largest absolute Gasteiger partial charge is 0.491 e. The van der Waals surface area contributed by atoms with Gasteiger partial charge in [-0.05, 0) is 75.2 Å². The van der Waals surface area contributed by atoms with Crippen LogP contribution in [0.2, 0.25) is 0 Å². The first kappa shape index (κ1) is 22.3. The molecule has 1 heterocycles. The molecule has 0 saturated heterocycles. The fraction of sp³-hybridized carbons (Fsp3) is 0.273. The zero-order valence-corrected chi connectivity index (χ0v) is 19.3. The summed E-state index contributed by atoms with van der Waals surface area (Å²) in [5, 5.41) is 2.41. The Morgan fingerprint density at radius 3 is 2.41 bits per heavy atom. The molecule has 0 bridgehead atoms. The molecule has 32 heavy (non-hydrogen) atoms. The minimum absolute atomic E-state index is 0.0476. The van der Waals surface area contributed by atoms with Crippen LogP contribution in [-0.4, -0.2) is 31.5 Å². The highest BCUT2D eigenvalue weighted by Gasteiger charge is 2.27. The van der Waals surface area contributed by atoms with Gasteiger partial charge in [-0.3, -0.25) is 15.6 Å². The summed E-state index contributed by atoms with van der Waals surface area (Å²) in [6, 6.07) is 13.8.